The van der Waals surface area contributed by atoms with Crippen molar-refractivity contribution in [2.75, 3.05) is 0 Å². The van der Waals surface area contributed by atoms with Gasteiger partial charge < -0.3 is 0 Å². The monoisotopic (exact) mass is 324 g/mol. The predicted molar refractivity (Wildman–Crippen MR) is 43.0 cm³/mol. The Bertz CT molecular complexity index is 54.0. The second-order valence-corrected chi connectivity index (χ2v) is 6.75. The van der Waals surface area contributed by atoms with Crippen molar-refractivity contribution in [3.8, 4) is 0 Å². The Labute approximate surface area is 73.8 Å². The third kappa shape index (κ3) is 5.24. The Morgan fingerprint density at radius 2 is 1.12 bits per heavy atom. The zero-order valence-electron chi connectivity index (χ0n) is 6.45. The predicted octanol–water partition coefficient (Wildman–Crippen LogP) is 2.16. The van der Waals surface area contributed by atoms with Gasteiger partial charge in [0.15, 0.2) is 0 Å². The SMILES string of the molecule is C[Si](C)C(C)(C)C.[Bi]. The molecule has 0 N–H and O–H groups in total. The summed E-state index contributed by atoms with van der Waals surface area (Å²) in [6, 6.07) is 0. The molecule has 0 unspecified atom stereocenters. The van der Waals surface area contributed by atoms with Gasteiger partial charge in [-0.3, -0.25) is 0 Å². The van der Waals surface area contributed by atoms with Crippen molar-refractivity contribution in [1.29, 1.82) is 0 Å². The molecule has 0 saturated carbocycles. The summed E-state index contributed by atoms with van der Waals surface area (Å²) in [4.78, 5) is 0. The zero-order chi connectivity index (χ0) is 6.08. The molecule has 0 aliphatic carbocycles. The molecule has 0 aromatic heterocycles. The summed E-state index contributed by atoms with van der Waals surface area (Å²) in [5, 5.41) is 0.602. The van der Waals surface area contributed by atoms with Crippen molar-refractivity contribution in [3.63, 3.8) is 0 Å². The summed E-state index contributed by atoms with van der Waals surface area (Å²) in [7, 11) is -0.0502. The van der Waals surface area contributed by atoms with E-state index in [-0.39, 0.29) is 35.0 Å². The molecule has 0 amide bonds. The summed E-state index contributed by atoms with van der Waals surface area (Å²) >= 11 is 0. The standard InChI is InChI=1S/C6H15Si.Bi/c1-6(2,3)7(4)5;/h1-5H3;. The first kappa shape index (κ1) is 11.8. The molecule has 0 aliphatic heterocycles. The van der Waals surface area contributed by atoms with Crippen molar-refractivity contribution < 1.29 is 0 Å². The molecule has 0 atom stereocenters. The molecule has 0 aromatic rings. The molecule has 2 heteroatoms. The van der Waals surface area contributed by atoms with Crippen LogP contribution in [-0.2, 0) is 0 Å². The van der Waals surface area contributed by atoms with Gasteiger partial charge in [-0.2, -0.15) is 0 Å². The first-order valence-electron chi connectivity index (χ1n) is 2.75. The van der Waals surface area contributed by atoms with Crippen LogP contribution in [0.15, 0.2) is 0 Å². The van der Waals surface area contributed by atoms with Crippen LogP contribution in [0.25, 0.3) is 0 Å². The van der Waals surface area contributed by atoms with Gasteiger partial charge >= 0.3 is 0 Å². The fourth-order valence-electron chi connectivity index (χ4n) is 0. The van der Waals surface area contributed by atoms with Gasteiger partial charge in [-0.05, 0) is 5.04 Å². The van der Waals surface area contributed by atoms with E-state index in [4.69, 9.17) is 0 Å². The quantitative estimate of drug-likeness (QED) is 0.599. The van der Waals surface area contributed by atoms with Gasteiger partial charge in [-0.15, -0.1) is 0 Å². The molecule has 0 spiro atoms. The van der Waals surface area contributed by atoms with Gasteiger partial charge in [-0.1, -0.05) is 33.9 Å². The molecule has 4 radical (unpaired) electrons. The van der Waals surface area contributed by atoms with Crippen molar-refractivity contribution in [3.05, 3.63) is 0 Å². The van der Waals surface area contributed by atoms with Gasteiger partial charge in [0.1, 0.15) is 0 Å². The molecule has 48 valence electrons. The third-order valence-corrected chi connectivity index (χ3v) is 4.50. The Balaban J connectivity index is 0. The van der Waals surface area contributed by atoms with Gasteiger partial charge in [0, 0.05) is 35.0 Å². The van der Waals surface area contributed by atoms with E-state index in [1.54, 1.807) is 0 Å². The van der Waals surface area contributed by atoms with Gasteiger partial charge in [0.05, 0.1) is 0 Å². The van der Waals surface area contributed by atoms with Crippen molar-refractivity contribution >= 4 is 35.0 Å². The summed E-state index contributed by atoms with van der Waals surface area (Å²) in [5.41, 5.74) is 0. The molecule has 0 heterocycles. The minimum Gasteiger partial charge on any atom is -0.0709 e. The summed E-state index contributed by atoms with van der Waals surface area (Å²) < 4.78 is 0. The van der Waals surface area contributed by atoms with Gasteiger partial charge in [-0.25, -0.2) is 0 Å². The van der Waals surface area contributed by atoms with E-state index in [2.05, 4.69) is 33.9 Å². The second kappa shape index (κ2) is 4.00. The largest absolute Gasteiger partial charge is 0.0709 e. The van der Waals surface area contributed by atoms with E-state index >= 15 is 0 Å². The van der Waals surface area contributed by atoms with Crippen LogP contribution in [0.3, 0.4) is 0 Å². The number of rotatable bonds is 0. The average molecular weight is 324 g/mol. The van der Waals surface area contributed by atoms with E-state index in [0.29, 0.717) is 5.04 Å². The molecule has 0 aromatic carbocycles. The fraction of sp³-hybridized carbons (Fsp3) is 1.00. The van der Waals surface area contributed by atoms with Gasteiger partial charge in [0.25, 0.3) is 0 Å². The van der Waals surface area contributed by atoms with Crippen LogP contribution < -0.4 is 0 Å². The fourth-order valence-corrected chi connectivity index (χ4v) is 0. The Kier molecular flexibility index (Phi) is 5.93. The Hall–Kier alpha value is 1.10. The summed E-state index contributed by atoms with van der Waals surface area (Å²) in [5.74, 6) is 0. The minimum absolute atomic E-state index is 0. The summed E-state index contributed by atoms with van der Waals surface area (Å²) in [6.45, 7) is 11.6. The van der Waals surface area contributed by atoms with Crippen LogP contribution in [-0.4, -0.2) is 35.0 Å². The smallest absolute Gasteiger partial charge is 0.0470 e. The molecule has 0 bridgehead atoms. The van der Waals surface area contributed by atoms with E-state index in [0.717, 1.165) is 0 Å². The molecule has 0 rings (SSSR count). The van der Waals surface area contributed by atoms with Crippen LogP contribution in [0, 0.1) is 0 Å². The van der Waals surface area contributed by atoms with Crippen molar-refractivity contribution in [2.45, 2.75) is 38.9 Å². The van der Waals surface area contributed by atoms with Crippen LogP contribution in [0.5, 0.6) is 0 Å². The maximum absolute atomic E-state index is 2.35. The topological polar surface area (TPSA) is 0 Å². The van der Waals surface area contributed by atoms with Crippen molar-refractivity contribution in [1.82, 2.24) is 0 Å². The van der Waals surface area contributed by atoms with Gasteiger partial charge in [0.2, 0.25) is 0 Å². The summed E-state index contributed by atoms with van der Waals surface area (Å²) in [6.07, 6.45) is 0. The molecule has 0 aliphatic rings. The molecule has 8 heavy (non-hydrogen) atoms. The maximum atomic E-state index is 2.35. The van der Waals surface area contributed by atoms with Crippen molar-refractivity contribution in [2.24, 2.45) is 0 Å². The van der Waals surface area contributed by atoms with Crippen LogP contribution >= 0.6 is 0 Å². The third-order valence-electron chi connectivity index (χ3n) is 1.50. The van der Waals surface area contributed by atoms with E-state index in [9.17, 15) is 0 Å². The number of hydrogen-bond acceptors (Lipinski definition) is 0. The molecule has 0 fully saturated rings. The molecular weight excluding hydrogens is 309 g/mol. The Morgan fingerprint density at radius 3 is 1.12 bits per heavy atom. The van der Waals surface area contributed by atoms with Crippen LogP contribution in [0.1, 0.15) is 20.8 Å². The normalized spacial score (nSPS) is 11.2. The maximum Gasteiger partial charge on any atom is 0.0470 e. The van der Waals surface area contributed by atoms with E-state index in [1.165, 1.54) is 0 Å². The minimum atomic E-state index is -0.0502. The number of hydrogen-bond donors (Lipinski definition) is 0. The first-order chi connectivity index (χ1) is 2.94. The molecular formula is C6H15BiSi. The molecule has 0 nitrogen and oxygen atoms in total. The molecule has 0 saturated heterocycles. The second-order valence-electron chi connectivity index (χ2n) is 3.25. The van der Waals surface area contributed by atoms with E-state index in [1.807, 2.05) is 0 Å². The first-order valence-corrected chi connectivity index (χ1v) is 5.25. The van der Waals surface area contributed by atoms with Crippen LogP contribution in [0.4, 0.5) is 0 Å². The zero-order valence-corrected chi connectivity index (χ0v) is 10.9. The van der Waals surface area contributed by atoms with Crippen LogP contribution in [0.2, 0.25) is 18.1 Å². The Morgan fingerprint density at radius 1 is 1.00 bits per heavy atom. The van der Waals surface area contributed by atoms with E-state index < -0.39 is 0 Å². The average Bonchev–Trinajstić information content (AvgIpc) is 1.31.